The number of hydrogen-bond acceptors (Lipinski definition) is 6. The number of anilines is 1. The Bertz CT molecular complexity index is 867. The lowest BCUT2D eigenvalue weighted by Gasteiger charge is -2.28. The molecule has 0 spiro atoms. The van der Waals surface area contributed by atoms with Gasteiger partial charge in [0.2, 0.25) is 0 Å². The Kier molecular flexibility index (Phi) is 6.49. The predicted molar refractivity (Wildman–Crippen MR) is 114 cm³/mol. The van der Waals surface area contributed by atoms with Gasteiger partial charge < -0.3 is 14.5 Å². The maximum absolute atomic E-state index is 11.5. The van der Waals surface area contributed by atoms with Gasteiger partial charge in [0.25, 0.3) is 5.69 Å². The van der Waals surface area contributed by atoms with Crippen LogP contribution in [0, 0.1) is 10.1 Å². The van der Waals surface area contributed by atoms with Crippen LogP contribution in [0.2, 0.25) is 0 Å². The van der Waals surface area contributed by atoms with E-state index >= 15 is 0 Å². The zero-order valence-electron chi connectivity index (χ0n) is 17.1. The van der Waals surface area contributed by atoms with E-state index in [0.717, 1.165) is 5.56 Å². The molecule has 0 aliphatic carbocycles. The van der Waals surface area contributed by atoms with Crippen LogP contribution >= 0.6 is 0 Å². The number of ether oxygens (including phenoxy) is 1. The molecule has 1 heterocycles. The topological polar surface area (TPSA) is 77.2 Å². The Morgan fingerprint density at radius 1 is 1.17 bits per heavy atom. The Morgan fingerprint density at radius 2 is 1.86 bits per heavy atom. The van der Waals surface area contributed by atoms with Crippen LogP contribution in [0.5, 0.6) is 0 Å². The number of morpholine rings is 1. The van der Waals surface area contributed by atoms with E-state index in [1.165, 1.54) is 17.8 Å². The van der Waals surface area contributed by atoms with Crippen molar-refractivity contribution in [3.63, 3.8) is 0 Å². The smallest absolute Gasteiger partial charge is 0.293 e. The highest BCUT2D eigenvalue weighted by atomic mass is 16.6. The van der Waals surface area contributed by atoms with Crippen molar-refractivity contribution < 1.29 is 14.5 Å². The van der Waals surface area contributed by atoms with Gasteiger partial charge >= 0.3 is 0 Å². The first-order valence-electron chi connectivity index (χ1n) is 9.70. The van der Waals surface area contributed by atoms with Crippen molar-refractivity contribution in [2.75, 3.05) is 31.2 Å². The molecule has 2 aromatic rings. The van der Waals surface area contributed by atoms with Crippen molar-refractivity contribution in [2.24, 2.45) is 5.16 Å². The standard InChI is InChI=1S/C22H27N3O4/c1-22(2,3)19-7-4-17(5-8-19)16-29-23-15-18-6-9-20(21(14-18)25(26)27)24-10-12-28-13-11-24/h4-9,14-15H,10-13,16H2,1-3H3/b23-15-. The molecule has 0 atom stereocenters. The third kappa shape index (κ3) is 5.54. The molecule has 0 N–H and O–H groups in total. The molecular weight excluding hydrogens is 370 g/mol. The van der Waals surface area contributed by atoms with E-state index in [1.807, 2.05) is 23.1 Å². The molecule has 7 nitrogen and oxygen atoms in total. The van der Waals surface area contributed by atoms with E-state index in [-0.39, 0.29) is 16.0 Å². The molecule has 0 aromatic heterocycles. The molecule has 0 amide bonds. The Labute approximate surface area is 171 Å². The van der Waals surface area contributed by atoms with Crippen LogP contribution < -0.4 is 4.90 Å². The van der Waals surface area contributed by atoms with Crippen molar-refractivity contribution in [1.29, 1.82) is 0 Å². The number of nitrogens with zero attached hydrogens (tertiary/aromatic N) is 3. The minimum atomic E-state index is -0.361. The van der Waals surface area contributed by atoms with Gasteiger partial charge in [-0.25, -0.2) is 0 Å². The normalized spacial score (nSPS) is 14.9. The van der Waals surface area contributed by atoms with Crippen molar-refractivity contribution >= 4 is 17.6 Å². The van der Waals surface area contributed by atoms with E-state index in [1.54, 1.807) is 6.07 Å². The number of hydrogen-bond donors (Lipinski definition) is 0. The highest BCUT2D eigenvalue weighted by Gasteiger charge is 2.21. The Morgan fingerprint density at radius 3 is 2.48 bits per heavy atom. The third-order valence-corrected chi connectivity index (χ3v) is 4.88. The first-order chi connectivity index (χ1) is 13.8. The monoisotopic (exact) mass is 397 g/mol. The van der Waals surface area contributed by atoms with Gasteiger partial charge in [0, 0.05) is 24.7 Å². The molecule has 1 fully saturated rings. The summed E-state index contributed by atoms with van der Waals surface area (Å²) in [5.74, 6) is 0. The van der Waals surface area contributed by atoms with Crippen LogP contribution in [0.3, 0.4) is 0 Å². The lowest BCUT2D eigenvalue weighted by atomic mass is 9.87. The van der Waals surface area contributed by atoms with Gasteiger partial charge in [-0.15, -0.1) is 0 Å². The molecule has 3 rings (SSSR count). The predicted octanol–water partition coefficient (Wildman–Crippen LogP) is 4.28. The summed E-state index contributed by atoms with van der Waals surface area (Å²) in [5, 5.41) is 15.5. The van der Waals surface area contributed by atoms with Crippen LogP contribution in [0.25, 0.3) is 0 Å². The zero-order chi connectivity index (χ0) is 20.9. The second kappa shape index (κ2) is 9.05. The summed E-state index contributed by atoms with van der Waals surface area (Å²) in [6.07, 6.45) is 1.50. The van der Waals surface area contributed by atoms with Gasteiger partial charge in [-0.3, -0.25) is 10.1 Å². The second-order valence-corrected chi connectivity index (χ2v) is 8.06. The molecule has 2 aromatic carbocycles. The largest absolute Gasteiger partial charge is 0.391 e. The van der Waals surface area contributed by atoms with E-state index < -0.39 is 0 Å². The summed E-state index contributed by atoms with van der Waals surface area (Å²) in [5.41, 5.74) is 3.68. The molecule has 1 aliphatic rings. The van der Waals surface area contributed by atoms with Gasteiger partial charge in [0.1, 0.15) is 12.3 Å². The van der Waals surface area contributed by atoms with Gasteiger partial charge in [0.05, 0.1) is 24.4 Å². The first-order valence-corrected chi connectivity index (χ1v) is 9.70. The molecule has 0 unspecified atom stereocenters. The van der Waals surface area contributed by atoms with Crippen molar-refractivity contribution in [3.05, 3.63) is 69.3 Å². The first kappa shape index (κ1) is 20.8. The lowest BCUT2D eigenvalue weighted by molar-refractivity contribution is -0.384. The molecule has 154 valence electrons. The molecule has 7 heteroatoms. The molecule has 1 aliphatic heterocycles. The molecule has 0 saturated carbocycles. The van der Waals surface area contributed by atoms with Crippen molar-refractivity contribution in [1.82, 2.24) is 0 Å². The van der Waals surface area contributed by atoms with Gasteiger partial charge in [0.15, 0.2) is 0 Å². The van der Waals surface area contributed by atoms with E-state index in [4.69, 9.17) is 9.57 Å². The summed E-state index contributed by atoms with van der Waals surface area (Å²) < 4.78 is 5.32. The molecule has 0 bridgehead atoms. The van der Waals surface area contributed by atoms with Crippen LogP contribution in [0.1, 0.15) is 37.5 Å². The molecule has 0 radical (unpaired) electrons. The van der Waals surface area contributed by atoms with Crippen molar-refractivity contribution in [2.45, 2.75) is 32.8 Å². The maximum Gasteiger partial charge on any atom is 0.293 e. The Balaban J connectivity index is 1.63. The fourth-order valence-corrected chi connectivity index (χ4v) is 3.15. The molecule has 29 heavy (non-hydrogen) atoms. The summed E-state index contributed by atoms with van der Waals surface area (Å²) in [6, 6.07) is 13.3. The van der Waals surface area contributed by atoms with Crippen LogP contribution in [-0.2, 0) is 21.6 Å². The molecule has 1 saturated heterocycles. The second-order valence-electron chi connectivity index (χ2n) is 8.06. The van der Waals surface area contributed by atoms with E-state index in [9.17, 15) is 10.1 Å². The fourth-order valence-electron chi connectivity index (χ4n) is 3.15. The van der Waals surface area contributed by atoms with Gasteiger partial charge in [-0.2, -0.15) is 0 Å². The number of nitro groups is 1. The quantitative estimate of drug-likeness (QED) is 0.413. The summed E-state index contributed by atoms with van der Waals surface area (Å²) >= 11 is 0. The van der Waals surface area contributed by atoms with E-state index in [0.29, 0.717) is 44.2 Å². The zero-order valence-corrected chi connectivity index (χ0v) is 17.1. The minimum absolute atomic E-state index is 0.0635. The number of nitro benzene ring substituents is 1. The highest BCUT2D eigenvalue weighted by molar-refractivity contribution is 5.82. The van der Waals surface area contributed by atoms with E-state index in [2.05, 4.69) is 38.1 Å². The van der Waals surface area contributed by atoms with Crippen LogP contribution in [0.15, 0.2) is 47.6 Å². The SMILES string of the molecule is CC(C)(C)c1ccc(CO/N=C\c2ccc(N3CCOCC3)c([N+](=O)[O-])c2)cc1. The average Bonchev–Trinajstić information content (AvgIpc) is 2.71. The lowest BCUT2D eigenvalue weighted by Crippen LogP contribution is -2.36. The van der Waals surface area contributed by atoms with Gasteiger partial charge in [-0.05, 0) is 22.6 Å². The third-order valence-electron chi connectivity index (χ3n) is 4.88. The highest BCUT2D eigenvalue weighted by Crippen LogP contribution is 2.29. The Hall–Kier alpha value is -2.93. The number of benzene rings is 2. The van der Waals surface area contributed by atoms with Crippen molar-refractivity contribution in [3.8, 4) is 0 Å². The summed E-state index contributed by atoms with van der Waals surface area (Å²) in [7, 11) is 0. The summed E-state index contributed by atoms with van der Waals surface area (Å²) in [4.78, 5) is 18.5. The average molecular weight is 397 g/mol. The van der Waals surface area contributed by atoms with Crippen LogP contribution in [-0.4, -0.2) is 37.4 Å². The van der Waals surface area contributed by atoms with Crippen LogP contribution in [0.4, 0.5) is 11.4 Å². The number of rotatable bonds is 6. The minimum Gasteiger partial charge on any atom is -0.391 e. The fraction of sp³-hybridized carbons (Fsp3) is 0.409. The molecular formula is C22H27N3O4. The maximum atomic E-state index is 11.5. The number of oxime groups is 1. The van der Waals surface area contributed by atoms with Gasteiger partial charge in [-0.1, -0.05) is 56.3 Å². The summed E-state index contributed by atoms with van der Waals surface area (Å²) in [6.45, 7) is 9.30.